The van der Waals surface area contributed by atoms with E-state index in [0.29, 0.717) is 12.8 Å². The van der Waals surface area contributed by atoms with Crippen molar-refractivity contribution in [2.24, 2.45) is 0 Å². The highest BCUT2D eigenvalue weighted by molar-refractivity contribution is 5.78. The highest BCUT2D eigenvalue weighted by Crippen LogP contribution is 2.16. The van der Waals surface area contributed by atoms with E-state index in [-0.39, 0.29) is 11.7 Å². The second-order valence-electron chi connectivity index (χ2n) is 5.65. The first-order chi connectivity index (χ1) is 12.6. The Bertz CT molecular complexity index is 715. The third-order valence-electron chi connectivity index (χ3n) is 3.70. The fourth-order valence-electron chi connectivity index (χ4n) is 2.50. The Hall–Kier alpha value is -2.62. The van der Waals surface area contributed by atoms with E-state index in [1.807, 2.05) is 58.2 Å². The summed E-state index contributed by atoms with van der Waals surface area (Å²) in [6.07, 6.45) is 10.9. The SMILES string of the molecule is C/C=C(\C=C(/C)NC(=O)CCc1cccc(F)c1)C1=CCNC=C1.CC. The summed E-state index contributed by atoms with van der Waals surface area (Å²) in [6.45, 7) is 8.65. The van der Waals surface area contributed by atoms with Crippen LogP contribution < -0.4 is 10.6 Å². The number of hydrogen-bond donors (Lipinski definition) is 2. The van der Waals surface area contributed by atoms with E-state index in [1.54, 1.807) is 6.07 Å². The number of amides is 1. The molecule has 1 heterocycles. The molecule has 0 unspecified atom stereocenters. The minimum atomic E-state index is -0.273. The van der Waals surface area contributed by atoms with Gasteiger partial charge in [0.15, 0.2) is 0 Å². The lowest BCUT2D eigenvalue weighted by Crippen LogP contribution is -2.21. The molecule has 0 atom stereocenters. The monoisotopic (exact) mass is 356 g/mol. The lowest BCUT2D eigenvalue weighted by Gasteiger charge is -2.11. The second-order valence-corrected chi connectivity index (χ2v) is 5.65. The molecule has 1 aromatic carbocycles. The summed E-state index contributed by atoms with van der Waals surface area (Å²) in [4.78, 5) is 12.1. The van der Waals surface area contributed by atoms with Crippen molar-refractivity contribution >= 4 is 5.91 Å². The Morgan fingerprint density at radius 2 is 2.12 bits per heavy atom. The zero-order valence-electron chi connectivity index (χ0n) is 16.1. The number of benzene rings is 1. The topological polar surface area (TPSA) is 41.1 Å². The summed E-state index contributed by atoms with van der Waals surface area (Å²) in [5, 5.41) is 6.00. The Morgan fingerprint density at radius 3 is 2.73 bits per heavy atom. The van der Waals surface area contributed by atoms with E-state index in [4.69, 9.17) is 0 Å². The van der Waals surface area contributed by atoms with Gasteiger partial charge in [0.05, 0.1) is 0 Å². The molecule has 0 bridgehead atoms. The zero-order valence-corrected chi connectivity index (χ0v) is 16.1. The molecule has 1 aromatic rings. The molecule has 0 spiro atoms. The van der Waals surface area contributed by atoms with Gasteiger partial charge in [-0.1, -0.05) is 38.1 Å². The number of rotatable bonds is 6. The summed E-state index contributed by atoms with van der Waals surface area (Å²) in [5.74, 6) is -0.344. The van der Waals surface area contributed by atoms with Crippen LogP contribution in [-0.2, 0) is 11.2 Å². The van der Waals surface area contributed by atoms with Crippen LogP contribution in [-0.4, -0.2) is 12.5 Å². The first-order valence-electron chi connectivity index (χ1n) is 9.08. The summed E-state index contributed by atoms with van der Waals surface area (Å²) in [7, 11) is 0. The van der Waals surface area contributed by atoms with Crippen molar-refractivity contribution < 1.29 is 9.18 Å². The van der Waals surface area contributed by atoms with E-state index in [0.717, 1.165) is 29.0 Å². The third-order valence-corrected chi connectivity index (χ3v) is 3.70. The largest absolute Gasteiger partial charge is 0.387 e. The van der Waals surface area contributed by atoms with Gasteiger partial charge in [0.1, 0.15) is 5.82 Å². The Labute approximate surface area is 156 Å². The second kappa shape index (κ2) is 11.9. The first-order valence-corrected chi connectivity index (χ1v) is 9.08. The van der Waals surface area contributed by atoms with E-state index < -0.39 is 0 Å². The van der Waals surface area contributed by atoms with Gasteiger partial charge in [-0.2, -0.15) is 0 Å². The lowest BCUT2D eigenvalue weighted by atomic mass is 10.0. The van der Waals surface area contributed by atoms with Crippen LogP contribution in [0.5, 0.6) is 0 Å². The fourth-order valence-corrected chi connectivity index (χ4v) is 2.50. The molecule has 0 aromatic heterocycles. The molecular weight excluding hydrogens is 327 g/mol. The maximum absolute atomic E-state index is 13.1. The normalized spacial score (nSPS) is 14.0. The maximum atomic E-state index is 13.1. The Morgan fingerprint density at radius 1 is 1.35 bits per heavy atom. The highest BCUT2D eigenvalue weighted by atomic mass is 19.1. The Kier molecular flexibility index (Phi) is 9.77. The quantitative estimate of drug-likeness (QED) is 0.719. The summed E-state index contributed by atoms with van der Waals surface area (Å²) < 4.78 is 13.1. The molecule has 1 aliphatic rings. The van der Waals surface area contributed by atoms with E-state index in [2.05, 4.69) is 16.7 Å². The third kappa shape index (κ3) is 7.51. The van der Waals surface area contributed by atoms with Crippen molar-refractivity contribution in [2.75, 3.05) is 6.54 Å². The molecule has 2 rings (SSSR count). The number of allylic oxidation sites excluding steroid dienone is 6. The van der Waals surface area contributed by atoms with Gasteiger partial charge >= 0.3 is 0 Å². The first kappa shape index (κ1) is 21.4. The van der Waals surface area contributed by atoms with Crippen molar-refractivity contribution in [1.82, 2.24) is 10.6 Å². The minimum Gasteiger partial charge on any atom is -0.387 e. The van der Waals surface area contributed by atoms with Gasteiger partial charge in [0.2, 0.25) is 5.91 Å². The van der Waals surface area contributed by atoms with Crippen molar-refractivity contribution in [3.05, 3.63) is 83.0 Å². The molecule has 3 nitrogen and oxygen atoms in total. The van der Waals surface area contributed by atoms with Crippen molar-refractivity contribution in [3.8, 4) is 0 Å². The van der Waals surface area contributed by atoms with E-state index >= 15 is 0 Å². The van der Waals surface area contributed by atoms with Crippen LogP contribution >= 0.6 is 0 Å². The van der Waals surface area contributed by atoms with Crippen molar-refractivity contribution in [1.29, 1.82) is 0 Å². The van der Waals surface area contributed by atoms with Crippen LogP contribution in [0.3, 0.4) is 0 Å². The van der Waals surface area contributed by atoms with Gasteiger partial charge in [-0.05, 0) is 67.5 Å². The molecule has 0 saturated carbocycles. The van der Waals surface area contributed by atoms with Crippen LogP contribution in [0, 0.1) is 5.82 Å². The molecule has 0 aliphatic carbocycles. The fraction of sp³-hybridized carbons (Fsp3) is 0.318. The smallest absolute Gasteiger partial charge is 0.224 e. The molecular formula is C22H29FN2O. The van der Waals surface area contributed by atoms with Crippen LogP contribution in [0.2, 0.25) is 0 Å². The molecule has 0 radical (unpaired) electrons. The zero-order chi connectivity index (χ0) is 19.4. The number of halogens is 1. The number of aryl methyl sites for hydroxylation is 1. The number of carbonyl (C=O) groups is 1. The molecule has 1 amide bonds. The van der Waals surface area contributed by atoms with Crippen molar-refractivity contribution in [3.63, 3.8) is 0 Å². The predicted molar refractivity (Wildman–Crippen MR) is 107 cm³/mol. The number of dihydropyridines is 1. The van der Waals surface area contributed by atoms with E-state index in [9.17, 15) is 9.18 Å². The number of hydrogen-bond acceptors (Lipinski definition) is 2. The van der Waals surface area contributed by atoms with Gasteiger partial charge in [-0.15, -0.1) is 0 Å². The molecule has 26 heavy (non-hydrogen) atoms. The van der Waals surface area contributed by atoms with Gasteiger partial charge in [0, 0.05) is 18.7 Å². The lowest BCUT2D eigenvalue weighted by molar-refractivity contribution is -0.120. The average molecular weight is 356 g/mol. The summed E-state index contributed by atoms with van der Waals surface area (Å²) in [6, 6.07) is 6.35. The number of carbonyl (C=O) groups excluding carboxylic acids is 1. The highest BCUT2D eigenvalue weighted by Gasteiger charge is 2.06. The minimum absolute atomic E-state index is 0.0710. The summed E-state index contributed by atoms with van der Waals surface area (Å²) in [5.41, 5.74) is 3.81. The molecule has 2 N–H and O–H groups in total. The predicted octanol–water partition coefficient (Wildman–Crippen LogP) is 4.79. The van der Waals surface area contributed by atoms with Crippen LogP contribution in [0.25, 0.3) is 0 Å². The van der Waals surface area contributed by atoms with Gasteiger partial charge < -0.3 is 10.6 Å². The summed E-state index contributed by atoms with van der Waals surface area (Å²) >= 11 is 0. The van der Waals surface area contributed by atoms with Gasteiger partial charge in [0.25, 0.3) is 0 Å². The maximum Gasteiger partial charge on any atom is 0.224 e. The van der Waals surface area contributed by atoms with Crippen LogP contribution in [0.1, 0.15) is 39.7 Å². The van der Waals surface area contributed by atoms with Gasteiger partial charge in [-0.25, -0.2) is 4.39 Å². The molecule has 1 aliphatic heterocycles. The van der Waals surface area contributed by atoms with E-state index in [1.165, 1.54) is 12.1 Å². The molecule has 0 fully saturated rings. The molecule has 0 saturated heterocycles. The standard InChI is InChI=1S/C20H23FN2O.C2H6/c1-3-17(18-9-11-22-12-10-18)13-15(2)23-20(24)8-7-16-5-4-6-19(21)14-16;1-2/h3-6,9-11,13-14,22H,7-8,12H2,1-2H3,(H,23,24);1-2H3/b15-13+,17-3+;. The molecule has 140 valence electrons. The van der Waals surface area contributed by atoms with Crippen molar-refractivity contribution in [2.45, 2.75) is 40.5 Å². The van der Waals surface area contributed by atoms with Gasteiger partial charge in [-0.3, -0.25) is 4.79 Å². The van der Waals surface area contributed by atoms with Crippen LogP contribution in [0.4, 0.5) is 4.39 Å². The van der Waals surface area contributed by atoms with Crippen LogP contribution in [0.15, 0.2) is 71.6 Å². The number of nitrogens with one attached hydrogen (secondary N) is 2. The Balaban J connectivity index is 0.00000163. The average Bonchev–Trinajstić information content (AvgIpc) is 2.67. The molecule has 4 heteroatoms.